The summed E-state index contributed by atoms with van der Waals surface area (Å²) in [6.07, 6.45) is 0. The minimum absolute atomic E-state index is 0.201. The average molecular weight is 180 g/mol. The zero-order valence-electron chi connectivity index (χ0n) is 5.09. The van der Waals surface area contributed by atoms with Crippen LogP contribution in [0.5, 0.6) is 0 Å². The van der Waals surface area contributed by atoms with Crippen LogP contribution in [-0.2, 0) is 10.1 Å². The van der Waals surface area contributed by atoms with Crippen LogP contribution < -0.4 is 0 Å². The molecule has 0 amide bonds. The largest absolute Gasteiger partial charge is 0.379 e. The molecule has 0 aliphatic rings. The molecule has 0 fully saturated rings. The van der Waals surface area contributed by atoms with Crippen molar-refractivity contribution in [1.82, 2.24) is 0 Å². The summed E-state index contributed by atoms with van der Waals surface area (Å²) >= 11 is 0. The third-order valence-corrected chi connectivity index (χ3v) is 1.09. The SMILES string of the molecule is CCS(=O)(=O)O.FC(F)F. The number of hydrogen-bond acceptors (Lipinski definition) is 2. The smallest absolute Gasteiger partial charge is 0.286 e. The molecule has 0 aliphatic carbocycles. The van der Waals surface area contributed by atoms with Crippen molar-refractivity contribution in [2.45, 2.75) is 13.6 Å². The summed E-state index contributed by atoms with van der Waals surface area (Å²) in [4.78, 5) is 0. The molecule has 3 nitrogen and oxygen atoms in total. The van der Waals surface area contributed by atoms with Gasteiger partial charge in [-0.15, -0.1) is 0 Å². The minimum Gasteiger partial charge on any atom is -0.286 e. The molecule has 0 heterocycles. The average Bonchev–Trinajstić information content (AvgIpc) is 1.63. The van der Waals surface area contributed by atoms with Crippen LogP contribution in [0.4, 0.5) is 13.2 Å². The summed E-state index contributed by atoms with van der Waals surface area (Å²) in [6.45, 7) is -2.30. The lowest BCUT2D eigenvalue weighted by Crippen LogP contribution is -1.97. The Morgan fingerprint density at radius 3 is 1.50 bits per heavy atom. The molecule has 0 spiro atoms. The zero-order chi connectivity index (χ0) is 8.78. The Labute approximate surface area is 56.6 Å². The van der Waals surface area contributed by atoms with E-state index in [9.17, 15) is 21.6 Å². The molecule has 0 unspecified atom stereocenters. The van der Waals surface area contributed by atoms with Crippen LogP contribution in [0.25, 0.3) is 0 Å². The second-order valence-electron chi connectivity index (χ2n) is 1.12. The van der Waals surface area contributed by atoms with E-state index < -0.39 is 16.8 Å². The summed E-state index contributed by atoms with van der Waals surface area (Å²) in [5, 5.41) is 0. The van der Waals surface area contributed by atoms with Crippen LogP contribution >= 0.6 is 0 Å². The Morgan fingerprint density at radius 2 is 1.50 bits per heavy atom. The van der Waals surface area contributed by atoms with Gasteiger partial charge in [0, 0.05) is 0 Å². The summed E-state index contributed by atoms with van der Waals surface area (Å²) in [5.74, 6) is -0.201. The van der Waals surface area contributed by atoms with Crippen molar-refractivity contribution in [3.8, 4) is 0 Å². The first-order valence-electron chi connectivity index (χ1n) is 2.17. The Hall–Kier alpha value is -0.300. The number of halogens is 3. The molecule has 0 atom stereocenters. The first-order valence-corrected chi connectivity index (χ1v) is 3.78. The van der Waals surface area contributed by atoms with Crippen LogP contribution in [0.3, 0.4) is 0 Å². The molecule has 10 heavy (non-hydrogen) atoms. The Bertz CT molecular complexity index is 150. The quantitative estimate of drug-likeness (QED) is 0.614. The van der Waals surface area contributed by atoms with Crippen molar-refractivity contribution in [2.24, 2.45) is 0 Å². The Balaban J connectivity index is 0. The number of alkyl halides is 3. The van der Waals surface area contributed by atoms with Gasteiger partial charge in [0.25, 0.3) is 10.1 Å². The molecule has 0 rings (SSSR count). The highest BCUT2D eigenvalue weighted by molar-refractivity contribution is 7.85. The molecule has 0 saturated heterocycles. The highest BCUT2D eigenvalue weighted by atomic mass is 32.2. The molecule has 0 bridgehead atoms. The maximum absolute atomic E-state index is 9.67. The Kier molecular flexibility index (Phi) is 6.79. The van der Waals surface area contributed by atoms with E-state index in [1.165, 1.54) is 6.92 Å². The zero-order valence-corrected chi connectivity index (χ0v) is 5.91. The summed E-state index contributed by atoms with van der Waals surface area (Å²) in [5.41, 5.74) is 0. The fourth-order valence-electron chi connectivity index (χ4n) is 0. The fraction of sp³-hybridized carbons (Fsp3) is 1.00. The van der Waals surface area contributed by atoms with Crippen molar-refractivity contribution < 1.29 is 26.1 Å². The number of hydrogen-bond donors (Lipinski definition) is 1. The molecule has 0 saturated carbocycles. The van der Waals surface area contributed by atoms with Gasteiger partial charge in [-0.05, 0) is 6.92 Å². The van der Waals surface area contributed by atoms with Crippen LogP contribution in [0.2, 0.25) is 0 Å². The first-order chi connectivity index (χ1) is 4.29. The first kappa shape index (κ1) is 12.4. The number of rotatable bonds is 1. The van der Waals surface area contributed by atoms with Gasteiger partial charge in [0.2, 0.25) is 0 Å². The van der Waals surface area contributed by atoms with Crippen LogP contribution in [0, 0.1) is 0 Å². The topological polar surface area (TPSA) is 54.4 Å². The maximum atomic E-state index is 9.67. The van der Waals surface area contributed by atoms with Crippen LogP contribution in [0.15, 0.2) is 0 Å². The van der Waals surface area contributed by atoms with E-state index in [4.69, 9.17) is 4.55 Å². The fourth-order valence-corrected chi connectivity index (χ4v) is 0. The van der Waals surface area contributed by atoms with E-state index in [0.717, 1.165) is 0 Å². The summed E-state index contributed by atoms with van der Waals surface area (Å²) in [7, 11) is -3.66. The lowest BCUT2D eigenvalue weighted by atomic mass is 11.0. The minimum atomic E-state index is -3.67. The molecule has 1 N–H and O–H groups in total. The van der Waals surface area contributed by atoms with Gasteiger partial charge in [-0.1, -0.05) is 0 Å². The predicted molar refractivity (Wildman–Crippen MR) is 29.2 cm³/mol. The van der Waals surface area contributed by atoms with E-state index in [1.54, 1.807) is 0 Å². The van der Waals surface area contributed by atoms with Gasteiger partial charge in [-0.3, -0.25) is 4.55 Å². The normalized spacial score (nSPS) is 10.6. The van der Waals surface area contributed by atoms with E-state index in [2.05, 4.69) is 0 Å². The van der Waals surface area contributed by atoms with Gasteiger partial charge < -0.3 is 0 Å². The molecule has 0 aromatic rings. The highest BCUT2D eigenvalue weighted by Crippen LogP contribution is 1.87. The third-order valence-electron chi connectivity index (χ3n) is 0.365. The van der Waals surface area contributed by atoms with E-state index >= 15 is 0 Å². The molecule has 7 heteroatoms. The van der Waals surface area contributed by atoms with Gasteiger partial charge in [-0.2, -0.15) is 21.6 Å². The molecular formula is C3H7F3O3S. The summed E-state index contributed by atoms with van der Waals surface area (Å²) in [6, 6.07) is 0. The molecule has 64 valence electrons. The highest BCUT2D eigenvalue weighted by Gasteiger charge is 1.93. The molecular weight excluding hydrogens is 173 g/mol. The predicted octanol–water partition coefficient (Wildman–Crippen LogP) is 1.07. The molecule has 0 radical (unpaired) electrons. The maximum Gasteiger partial charge on any atom is 0.379 e. The van der Waals surface area contributed by atoms with Gasteiger partial charge in [0.1, 0.15) is 0 Å². The van der Waals surface area contributed by atoms with Gasteiger partial charge in [-0.25, -0.2) is 0 Å². The second-order valence-corrected chi connectivity index (χ2v) is 2.86. The summed E-state index contributed by atoms with van der Waals surface area (Å²) < 4.78 is 55.9. The molecule has 0 aromatic heterocycles. The van der Waals surface area contributed by atoms with Crippen molar-refractivity contribution in [3.05, 3.63) is 0 Å². The third kappa shape index (κ3) is 47.4. The van der Waals surface area contributed by atoms with Crippen molar-refractivity contribution >= 4 is 10.1 Å². The van der Waals surface area contributed by atoms with Gasteiger partial charge in [0.15, 0.2) is 0 Å². The Morgan fingerprint density at radius 1 is 1.40 bits per heavy atom. The van der Waals surface area contributed by atoms with Crippen LogP contribution in [-0.4, -0.2) is 25.4 Å². The van der Waals surface area contributed by atoms with Crippen molar-refractivity contribution in [3.63, 3.8) is 0 Å². The van der Waals surface area contributed by atoms with Gasteiger partial charge >= 0.3 is 6.68 Å². The lowest BCUT2D eigenvalue weighted by Gasteiger charge is -1.79. The van der Waals surface area contributed by atoms with E-state index in [1.807, 2.05) is 0 Å². The van der Waals surface area contributed by atoms with Gasteiger partial charge in [0.05, 0.1) is 5.75 Å². The van der Waals surface area contributed by atoms with E-state index in [0.29, 0.717) is 0 Å². The van der Waals surface area contributed by atoms with Crippen LogP contribution in [0.1, 0.15) is 6.92 Å². The van der Waals surface area contributed by atoms with Crippen molar-refractivity contribution in [2.75, 3.05) is 5.75 Å². The lowest BCUT2D eigenvalue weighted by molar-refractivity contribution is 0.00819. The molecule has 0 aromatic carbocycles. The monoisotopic (exact) mass is 180 g/mol. The second kappa shape index (κ2) is 5.48. The van der Waals surface area contributed by atoms with Crippen molar-refractivity contribution in [1.29, 1.82) is 0 Å². The molecule has 0 aliphatic heterocycles. The van der Waals surface area contributed by atoms with E-state index in [-0.39, 0.29) is 5.75 Å². The standard InChI is InChI=1S/C2H6O3S.CHF3/c1-2-6(3,4)5;2-1(3)4/h2H2,1H3,(H,3,4,5);1H.